The van der Waals surface area contributed by atoms with E-state index in [0.29, 0.717) is 10.6 Å². The molecule has 0 saturated carbocycles. The second kappa shape index (κ2) is 6.95. The second-order valence-corrected chi connectivity index (χ2v) is 9.77. The van der Waals surface area contributed by atoms with Crippen molar-refractivity contribution in [1.29, 1.82) is 0 Å². The van der Waals surface area contributed by atoms with Crippen molar-refractivity contribution in [3.05, 3.63) is 83.4 Å². The van der Waals surface area contributed by atoms with Crippen LogP contribution in [-0.2, 0) is 5.75 Å². The van der Waals surface area contributed by atoms with E-state index in [4.69, 9.17) is 21.8 Å². The van der Waals surface area contributed by atoms with Crippen molar-refractivity contribution in [2.24, 2.45) is 0 Å². The smallest absolute Gasteiger partial charge is 0.154 e. The van der Waals surface area contributed by atoms with Crippen LogP contribution < -0.4 is 5.73 Å². The van der Waals surface area contributed by atoms with Gasteiger partial charge in [-0.15, -0.1) is 23.1 Å². The van der Waals surface area contributed by atoms with E-state index in [2.05, 4.69) is 42.5 Å². The van der Waals surface area contributed by atoms with Crippen LogP contribution in [0.25, 0.3) is 42.1 Å². The molecule has 0 radical (unpaired) electrons. The van der Waals surface area contributed by atoms with E-state index in [1.807, 2.05) is 41.7 Å². The van der Waals surface area contributed by atoms with Crippen molar-refractivity contribution in [2.75, 3.05) is 5.73 Å². The van der Waals surface area contributed by atoms with Crippen molar-refractivity contribution in [3.63, 3.8) is 0 Å². The molecule has 2 heterocycles. The Kier molecular flexibility index (Phi) is 4.20. The molecule has 0 aliphatic heterocycles. The average Bonchev–Trinajstić information content (AvgIpc) is 3.32. The van der Waals surface area contributed by atoms with E-state index in [1.54, 1.807) is 11.8 Å². The Balaban J connectivity index is 1.42. The van der Waals surface area contributed by atoms with Crippen LogP contribution >= 0.6 is 34.7 Å². The highest BCUT2D eigenvalue weighted by molar-refractivity contribution is 7.99. The lowest BCUT2D eigenvalue weighted by Gasteiger charge is -2.08. The highest BCUT2D eigenvalue weighted by atomic mass is 35.5. The largest absolute Gasteiger partial charge is 0.454 e. The normalized spacial score (nSPS) is 11.9. The Hall–Kier alpha value is -2.66. The number of halogens is 1. The van der Waals surface area contributed by atoms with Crippen LogP contribution in [0.4, 0.5) is 5.69 Å². The monoisotopic (exact) mass is 445 g/mol. The SMILES string of the molecule is Nc1ccc2oc3c(Cl)cccc3c2c1SCc1ccc2c(c1)sc1ccccc12. The van der Waals surface area contributed by atoms with Gasteiger partial charge >= 0.3 is 0 Å². The van der Waals surface area contributed by atoms with Crippen LogP contribution in [0.5, 0.6) is 0 Å². The number of hydrogen-bond donors (Lipinski definition) is 1. The van der Waals surface area contributed by atoms with Crippen molar-refractivity contribution in [3.8, 4) is 0 Å². The highest BCUT2D eigenvalue weighted by Crippen LogP contribution is 2.43. The Morgan fingerprint density at radius 3 is 2.63 bits per heavy atom. The van der Waals surface area contributed by atoms with Crippen molar-refractivity contribution in [2.45, 2.75) is 10.6 Å². The summed E-state index contributed by atoms with van der Waals surface area (Å²) in [6, 6.07) is 25.0. The number of para-hydroxylation sites is 1. The fourth-order valence-electron chi connectivity index (χ4n) is 4.01. The number of hydrogen-bond acceptors (Lipinski definition) is 4. The van der Waals surface area contributed by atoms with Crippen molar-refractivity contribution in [1.82, 2.24) is 0 Å². The lowest BCUT2D eigenvalue weighted by molar-refractivity contribution is 0.668. The minimum absolute atomic E-state index is 0.619. The summed E-state index contributed by atoms with van der Waals surface area (Å²) in [6.07, 6.45) is 0. The Morgan fingerprint density at radius 2 is 1.70 bits per heavy atom. The van der Waals surface area contributed by atoms with Gasteiger partial charge in [0.15, 0.2) is 5.58 Å². The molecule has 146 valence electrons. The van der Waals surface area contributed by atoms with Crippen LogP contribution in [0.1, 0.15) is 5.56 Å². The topological polar surface area (TPSA) is 39.2 Å². The summed E-state index contributed by atoms with van der Waals surface area (Å²) in [5, 5.41) is 5.31. The summed E-state index contributed by atoms with van der Waals surface area (Å²) >= 11 is 9.94. The second-order valence-electron chi connectivity index (χ2n) is 7.29. The molecule has 6 rings (SSSR count). The Morgan fingerprint density at radius 1 is 0.867 bits per heavy atom. The van der Waals surface area contributed by atoms with Gasteiger partial charge in [0, 0.05) is 47.3 Å². The van der Waals surface area contributed by atoms with E-state index in [9.17, 15) is 0 Å². The van der Waals surface area contributed by atoms with Gasteiger partial charge in [0.05, 0.1) is 5.02 Å². The molecule has 0 fully saturated rings. The maximum atomic E-state index is 6.39. The number of thioether (sulfide) groups is 1. The molecule has 0 aliphatic carbocycles. The van der Waals surface area contributed by atoms with Gasteiger partial charge in [-0.05, 0) is 35.9 Å². The van der Waals surface area contributed by atoms with Crippen LogP contribution in [-0.4, -0.2) is 0 Å². The van der Waals surface area contributed by atoms with E-state index in [0.717, 1.165) is 32.7 Å². The first-order chi connectivity index (χ1) is 14.7. The van der Waals surface area contributed by atoms with Crippen LogP contribution in [0.2, 0.25) is 5.02 Å². The minimum Gasteiger partial charge on any atom is -0.454 e. The molecule has 4 aromatic carbocycles. The van der Waals surface area contributed by atoms with Gasteiger partial charge in [0.25, 0.3) is 0 Å². The summed E-state index contributed by atoms with van der Waals surface area (Å²) in [7, 11) is 0. The van der Waals surface area contributed by atoms with Gasteiger partial charge in [-0.2, -0.15) is 0 Å². The Labute approximate surface area is 186 Å². The summed E-state index contributed by atoms with van der Waals surface area (Å²) in [6.45, 7) is 0. The molecule has 0 atom stereocenters. The molecule has 0 amide bonds. The molecule has 6 aromatic rings. The zero-order valence-corrected chi connectivity index (χ0v) is 18.2. The molecular weight excluding hydrogens is 430 g/mol. The Bertz CT molecular complexity index is 1580. The number of nitrogens with two attached hydrogens (primary N) is 1. The fourth-order valence-corrected chi connectivity index (χ4v) is 6.47. The standard InChI is InChI=1S/C25H16ClNOS2/c26-18-6-3-5-17-23-20(28-24(17)18)11-10-19(27)25(23)29-13-14-8-9-16-15-4-1-2-7-21(15)30-22(16)12-14/h1-12H,13,27H2. The maximum absolute atomic E-state index is 6.39. The van der Waals surface area contributed by atoms with Gasteiger partial charge in [-0.3, -0.25) is 0 Å². The third kappa shape index (κ3) is 2.79. The lowest BCUT2D eigenvalue weighted by Crippen LogP contribution is -1.90. The molecule has 0 saturated heterocycles. The molecule has 5 heteroatoms. The van der Waals surface area contributed by atoms with Gasteiger partial charge < -0.3 is 10.2 Å². The fraction of sp³-hybridized carbons (Fsp3) is 0.0400. The first kappa shape index (κ1) is 18.1. The quantitative estimate of drug-likeness (QED) is 0.219. The summed E-state index contributed by atoms with van der Waals surface area (Å²) in [5.41, 5.74) is 9.96. The maximum Gasteiger partial charge on any atom is 0.154 e. The first-order valence-corrected chi connectivity index (χ1v) is 11.8. The third-order valence-electron chi connectivity index (χ3n) is 5.42. The van der Waals surface area contributed by atoms with Crippen LogP contribution in [0, 0.1) is 0 Å². The predicted octanol–water partition coefficient (Wildman–Crippen LogP) is 8.48. The molecule has 0 spiro atoms. The molecule has 0 aliphatic rings. The molecule has 30 heavy (non-hydrogen) atoms. The summed E-state index contributed by atoms with van der Waals surface area (Å²) < 4.78 is 8.67. The van der Waals surface area contributed by atoms with E-state index in [-0.39, 0.29) is 0 Å². The summed E-state index contributed by atoms with van der Waals surface area (Å²) in [5.74, 6) is 0.834. The number of thiophene rings is 1. The van der Waals surface area contributed by atoms with Crippen molar-refractivity contribution >= 4 is 82.5 Å². The van der Waals surface area contributed by atoms with Gasteiger partial charge in [0.2, 0.25) is 0 Å². The number of furan rings is 1. The van der Waals surface area contributed by atoms with E-state index in [1.165, 1.54) is 25.7 Å². The number of benzene rings is 4. The molecule has 2 aromatic heterocycles. The predicted molar refractivity (Wildman–Crippen MR) is 132 cm³/mol. The number of rotatable bonds is 3. The lowest BCUT2D eigenvalue weighted by atomic mass is 10.1. The van der Waals surface area contributed by atoms with Gasteiger partial charge in [-0.25, -0.2) is 0 Å². The van der Waals surface area contributed by atoms with Crippen LogP contribution in [0.3, 0.4) is 0 Å². The zero-order valence-electron chi connectivity index (χ0n) is 15.8. The molecular formula is C25H16ClNOS2. The van der Waals surface area contributed by atoms with Crippen LogP contribution in [0.15, 0.2) is 82.1 Å². The first-order valence-electron chi connectivity index (χ1n) is 9.61. The number of nitrogen functional groups attached to an aromatic ring is 1. The minimum atomic E-state index is 0.619. The van der Waals surface area contributed by atoms with Gasteiger partial charge in [-0.1, -0.05) is 54.1 Å². The molecule has 2 nitrogen and oxygen atoms in total. The number of anilines is 1. The number of fused-ring (bicyclic) bond motifs is 6. The molecule has 2 N–H and O–H groups in total. The van der Waals surface area contributed by atoms with E-state index >= 15 is 0 Å². The average molecular weight is 446 g/mol. The molecule has 0 bridgehead atoms. The summed E-state index contributed by atoms with van der Waals surface area (Å²) in [4.78, 5) is 1.05. The van der Waals surface area contributed by atoms with Gasteiger partial charge in [0.1, 0.15) is 5.58 Å². The molecule has 0 unspecified atom stereocenters. The highest BCUT2D eigenvalue weighted by Gasteiger charge is 2.16. The van der Waals surface area contributed by atoms with Crippen molar-refractivity contribution < 1.29 is 4.42 Å². The zero-order chi connectivity index (χ0) is 20.2. The third-order valence-corrected chi connectivity index (χ3v) is 8.06. The van der Waals surface area contributed by atoms with E-state index < -0.39 is 0 Å².